The molecular formula is C9H9Li. The van der Waals surface area contributed by atoms with Gasteiger partial charge in [0, 0.05) is 0 Å². The van der Waals surface area contributed by atoms with Gasteiger partial charge in [-0.1, -0.05) is 30.7 Å². The molecule has 10 heavy (non-hydrogen) atoms. The summed E-state index contributed by atoms with van der Waals surface area (Å²) in [5.41, 5.74) is 0. The van der Waals surface area contributed by atoms with Gasteiger partial charge < -0.3 is 0 Å². The van der Waals surface area contributed by atoms with Gasteiger partial charge >= 0.3 is 18.9 Å². The molecule has 46 valence electrons. The van der Waals surface area contributed by atoms with Crippen molar-refractivity contribution in [3.63, 3.8) is 0 Å². The number of rotatable bonds is 0. The molecule has 0 unspecified atom stereocenters. The molecule has 0 fully saturated rings. The SMILES string of the molecule is [C-]1=CC=CC=CC=CC1.[Li+]. The Morgan fingerprint density at radius 2 is 1.60 bits per heavy atom. The van der Waals surface area contributed by atoms with Crippen LogP contribution >= 0.6 is 0 Å². The zero-order chi connectivity index (χ0) is 6.36. The molecule has 0 aromatic rings. The third-order valence-corrected chi connectivity index (χ3v) is 1.03. The molecule has 0 saturated carbocycles. The fraction of sp³-hybridized carbons (Fsp3) is 0.111. The van der Waals surface area contributed by atoms with Crippen LogP contribution in [0.15, 0.2) is 42.5 Å². The Morgan fingerprint density at radius 1 is 0.900 bits per heavy atom. The molecule has 0 aliphatic heterocycles. The summed E-state index contributed by atoms with van der Waals surface area (Å²) in [5.74, 6) is 0. The molecule has 0 amide bonds. The van der Waals surface area contributed by atoms with Crippen LogP contribution in [0.2, 0.25) is 0 Å². The van der Waals surface area contributed by atoms with E-state index in [2.05, 4.69) is 12.2 Å². The molecule has 0 aromatic heterocycles. The smallest absolute Gasteiger partial charge is 0.271 e. The van der Waals surface area contributed by atoms with Crippen molar-refractivity contribution < 1.29 is 18.9 Å². The molecule has 1 heteroatoms. The quantitative estimate of drug-likeness (QED) is 0.299. The molecule has 1 aliphatic carbocycles. The van der Waals surface area contributed by atoms with E-state index in [1.165, 1.54) is 0 Å². The first kappa shape index (κ1) is 9.56. The minimum atomic E-state index is 0. The molecule has 0 N–H and O–H groups in total. The Hall–Kier alpha value is -0.443. The van der Waals surface area contributed by atoms with E-state index in [4.69, 9.17) is 0 Å². The van der Waals surface area contributed by atoms with Crippen molar-refractivity contribution in [1.82, 2.24) is 0 Å². The average molecular weight is 124 g/mol. The molecule has 0 atom stereocenters. The van der Waals surface area contributed by atoms with Gasteiger partial charge in [0.25, 0.3) is 0 Å². The summed E-state index contributed by atoms with van der Waals surface area (Å²) in [6.07, 6.45) is 18.0. The van der Waals surface area contributed by atoms with E-state index in [0.717, 1.165) is 6.42 Å². The molecule has 1 aliphatic rings. The molecule has 0 heterocycles. The van der Waals surface area contributed by atoms with Gasteiger partial charge in [0.1, 0.15) is 0 Å². The minimum absolute atomic E-state index is 0. The maximum Gasteiger partial charge on any atom is 1.00 e. The maximum absolute atomic E-state index is 3.09. The van der Waals surface area contributed by atoms with Gasteiger partial charge in [-0.3, -0.25) is 6.08 Å². The van der Waals surface area contributed by atoms with Crippen molar-refractivity contribution in [3.8, 4) is 0 Å². The molecule has 0 radical (unpaired) electrons. The van der Waals surface area contributed by atoms with E-state index in [-0.39, 0.29) is 18.9 Å². The summed E-state index contributed by atoms with van der Waals surface area (Å²) < 4.78 is 0. The first-order valence-electron chi connectivity index (χ1n) is 3.05. The predicted octanol–water partition coefficient (Wildman–Crippen LogP) is -0.578. The predicted molar refractivity (Wildman–Crippen MR) is 39.9 cm³/mol. The monoisotopic (exact) mass is 124 g/mol. The molecule has 0 aromatic carbocycles. The van der Waals surface area contributed by atoms with Crippen molar-refractivity contribution in [3.05, 3.63) is 48.6 Å². The Balaban J connectivity index is 0.000000810. The topological polar surface area (TPSA) is 0 Å². The van der Waals surface area contributed by atoms with Crippen LogP contribution in [0.5, 0.6) is 0 Å². The standard InChI is InChI=1S/C9H9.Li/c1-2-4-6-8-9-7-5-3-1;/h1-7H,8H2;/q-1;+1. The van der Waals surface area contributed by atoms with Crippen molar-refractivity contribution in [1.29, 1.82) is 0 Å². The summed E-state index contributed by atoms with van der Waals surface area (Å²) in [7, 11) is 0. The molecule has 0 saturated heterocycles. The largest absolute Gasteiger partial charge is 1.00 e. The minimum Gasteiger partial charge on any atom is -0.271 e. The normalized spacial score (nSPS) is 15.2. The van der Waals surface area contributed by atoms with Crippen LogP contribution in [0.4, 0.5) is 0 Å². The number of allylic oxidation sites excluding steroid dienone is 8. The fourth-order valence-corrected chi connectivity index (χ4v) is 0.599. The third kappa shape index (κ3) is 4.44. The van der Waals surface area contributed by atoms with Crippen LogP contribution in [0.1, 0.15) is 6.42 Å². The first-order chi connectivity index (χ1) is 4.50. The molecule has 0 spiro atoms. The summed E-state index contributed by atoms with van der Waals surface area (Å²) in [6, 6.07) is 0. The van der Waals surface area contributed by atoms with Crippen LogP contribution < -0.4 is 18.9 Å². The van der Waals surface area contributed by atoms with Crippen molar-refractivity contribution in [2.75, 3.05) is 0 Å². The first-order valence-corrected chi connectivity index (χ1v) is 3.05. The number of hydrogen-bond donors (Lipinski definition) is 0. The van der Waals surface area contributed by atoms with Crippen LogP contribution in [-0.2, 0) is 0 Å². The molecular weight excluding hydrogens is 115 g/mol. The van der Waals surface area contributed by atoms with E-state index in [0.29, 0.717) is 0 Å². The van der Waals surface area contributed by atoms with E-state index >= 15 is 0 Å². The van der Waals surface area contributed by atoms with Gasteiger partial charge in [0.2, 0.25) is 0 Å². The Labute approximate surface area is 74.2 Å². The van der Waals surface area contributed by atoms with Gasteiger partial charge in [-0.15, -0.1) is 6.08 Å². The van der Waals surface area contributed by atoms with Crippen molar-refractivity contribution in [2.24, 2.45) is 0 Å². The molecule has 0 nitrogen and oxygen atoms in total. The Morgan fingerprint density at radius 3 is 2.50 bits per heavy atom. The summed E-state index contributed by atoms with van der Waals surface area (Å²) in [4.78, 5) is 0. The van der Waals surface area contributed by atoms with Crippen molar-refractivity contribution in [2.45, 2.75) is 6.42 Å². The van der Waals surface area contributed by atoms with Gasteiger partial charge in [-0.05, 0) is 0 Å². The second kappa shape index (κ2) is 6.67. The Bertz CT molecular complexity index is 153. The van der Waals surface area contributed by atoms with Crippen LogP contribution in [0.25, 0.3) is 0 Å². The summed E-state index contributed by atoms with van der Waals surface area (Å²) in [5, 5.41) is 0. The third-order valence-electron chi connectivity index (χ3n) is 1.03. The second-order valence-corrected chi connectivity index (χ2v) is 1.77. The van der Waals surface area contributed by atoms with E-state index < -0.39 is 0 Å². The Kier molecular flexibility index (Phi) is 6.38. The maximum atomic E-state index is 3.09. The summed E-state index contributed by atoms with van der Waals surface area (Å²) >= 11 is 0. The van der Waals surface area contributed by atoms with Crippen molar-refractivity contribution >= 4 is 0 Å². The fourth-order valence-electron chi connectivity index (χ4n) is 0.599. The van der Waals surface area contributed by atoms with E-state index in [1.54, 1.807) is 0 Å². The number of hydrogen-bond acceptors (Lipinski definition) is 0. The van der Waals surface area contributed by atoms with Crippen LogP contribution in [0.3, 0.4) is 0 Å². The average Bonchev–Trinajstić information content (AvgIpc) is 2.00. The van der Waals surface area contributed by atoms with Gasteiger partial charge in [-0.2, -0.15) is 0 Å². The van der Waals surface area contributed by atoms with Crippen LogP contribution in [-0.4, -0.2) is 0 Å². The zero-order valence-electron chi connectivity index (χ0n) is 6.25. The summed E-state index contributed by atoms with van der Waals surface area (Å²) in [6.45, 7) is 0. The van der Waals surface area contributed by atoms with Gasteiger partial charge in [0.05, 0.1) is 0 Å². The van der Waals surface area contributed by atoms with Gasteiger partial charge in [-0.25, -0.2) is 12.2 Å². The molecule has 1 rings (SSSR count). The van der Waals surface area contributed by atoms with Gasteiger partial charge in [0.15, 0.2) is 0 Å². The van der Waals surface area contributed by atoms with E-state index in [9.17, 15) is 0 Å². The second-order valence-electron chi connectivity index (χ2n) is 1.77. The molecule has 0 bridgehead atoms. The van der Waals surface area contributed by atoms with E-state index in [1.807, 2.05) is 36.5 Å². The van der Waals surface area contributed by atoms with Crippen LogP contribution in [0, 0.1) is 6.08 Å². The zero-order valence-corrected chi connectivity index (χ0v) is 6.25.